The molecule has 18 heavy (non-hydrogen) atoms. The van der Waals surface area contributed by atoms with E-state index in [1.807, 2.05) is 6.92 Å². The maximum atomic E-state index is 11.0. The van der Waals surface area contributed by atoms with Gasteiger partial charge in [-0.15, -0.1) is 0 Å². The normalized spacial score (nSPS) is 10.6. The second kappa shape index (κ2) is 6.95. The van der Waals surface area contributed by atoms with Gasteiger partial charge in [0, 0.05) is 13.6 Å². The van der Waals surface area contributed by atoms with Crippen LogP contribution in [-0.2, 0) is 13.5 Å². The summed E-state index contributed by atoms with van der Waals surface area (Å²) in [7, 11) is 1.65. The van der Waals surface area contributed by atoms with E-state index >= 15 is 0 Å². The number of aromatic nitrogens is 2. The van der Waals surface area contributed by atoms with Crippen LogP contribution in [0.1, 0.15) is 26.0 Å². The van der Waals surface area contributed by atoms with E-state index in [4.69, 9.17) is 4.74 Å². The smallest absolute Gasteiger partial charge is 0.353 e. The molecular weight excluding hydrogens is 236 g/mol. The third-order valence-corrected chi connectivity index (χ3v) is 2.50. The minimum atomic E-state index is -0.430. The molecule has 102 valence electrons. The second-order valence-electron chi connectivity index (χ2n) is 3.93. The number of nitro groups is 1. The van der Waals surface area contributed by atoms with Gasteiger partial charge in [-0.1, -0.05) is 13.8 Å². The van der Waals surface area contributed by atoms with E-state index in [2.05, 4.69) is 17.3 Å². The summed E-state index contributed by atoms with van der Waals surface area (Å²) >= 11 is 0. The summed E-state index contributed by atoms with van der Waals surface area (Å²) in [5.74, 6) is 0.232. The lowest BCUT2D eigenvalue weighted by atomic mass is 10.3. The maximum Gasteiger partial charge on any atom is 0.353 e. The van der Waals surface area contributed by atoms with E-state index in [1.54, 1.807) is 7.05 Å². The van der Waals surface area contributed by atoms with Gasteiger partial charge < -0.3 is 10.1 Å². The number of ether oxygens (including phenoxy) is 1. The number of nitrogens with zero attached hydrogens (tertiary/aromatic N) is 3. The number of aryl methyl sites for hydroxylation is 2. The van der Waals surface area contributed by atoms with Crippen LogP contribution in [0.25, 0.3) is 0 Å². The Morgan fingerprint density at radius 1 is 1.44 bits per heavy atom. The van der Waals surface area contributed by atoms with E-state index in [0.29, 0.717) is 25.3 Å². The molecule has 0 saturated carbocycles. The second-order valence-corrected chi connectivity index (χ2v) is 3.93. The molecule has 0 aliphatic heterocycles. The van der Waals surface area contributed by atoms with Crippen molar-refractivity contribution < 1.29 is 9.66 Å². The van der Waals surface area contributed by atoms with Crippen molar-refractivity contribution in [1.82, 2.24) is 15.1 Å². The molecule has 1 aromatic heterocycles. The highest BCUT2D eigenvalue weighted by Crippen LogP contribution is 2.30. The highest BCUT2D eigenvalue weighted by atomic mass is 16.6. The SMILES string of the molecule is CCCNCCOc1c([N+](=O)[O-])c(CC)nn1C. The molecule has 0 amide bonds. The molecule has 0 aromatic carbocycles. The molecule has 1 N–H and O–H groups in total. The zero-order chi connectivity index (χ0) is 13.5. The summed E-state index contributed by atoms with van der Waals surface area (Å²) in [5, 5.41) is 18.3. The van der Waals surface area contributed by atoms with Crippen LogP contribution in [0.15, 0.2) is 0 Å². The predicted molar refractivity (Wildman–Crippen MR) is 67.9 cm³/mol. The predicted octanol–water partition coefficient (Wildman–Crippen LogP) is 1.27. The standard InChI is InChI=1S/C11H20N4O3/c1-4-6-12-7-8-18-11-10(15(16)17)9(5-2)13-14(11)3/h12H,4-8H2,1-3H3. The van der Waals surface area contributed by atoms with Gasteiger partial charge in [0.1, 0.15) is 12.3 Å². The number of hydrogen-bond acceptors (Lipinski definition) is 5. The van der Waals surface area contributed by atoms with E-state index in [0.717, 1.165) is 13.0 Å². The summed E-state index contributed by atoms with van der Waals surface area (Å²) in [4.78, 5) is 10.6. The van der Waals surface area contributed by atoms with Crippen molar-refractivity contribution >= 4 is 5.69 Å². The Balaban J connectivity index is 2.69. The average molecular weight is 256 g/mol. The summed E-state index contributed by atoms with van der Waals surface area (Å²) in [6, 6.07) is 0. The molecule has 0 aliphatic carbocycles. The Hall–Kier alpha value is -1.63. The Labute approximate surface area is 106 Å². The van der Waals surface area contributed by atoms with E-state index in [9.17, 15) is 10.1 Å². The lowest BCUT2D eigenvalue weighted by Gasteiger charge is -2.06. The molecule has 0 bridgehead atoms. The van der Waals surface area contributed by atoms with Crippen molar-refractivity contribution in [2.75, 3.05) is 19.7 Å². The van der Waals surface area contributed by atoms with Gasteiger partial charge >= 0.3 is 5.69 Å². The highest BCUT2D eigenvalue weighted by Gasteiger charge is 2.26. The van der Waals surface area contributed by atoms with Crippen LogP contribution in [0.2, 0.25) is 0 Å². The fourth-order valence-corrected chi connectivity index (χ4v) is 1.66. The Bertz CT molecular complexity index is 403. The molecule has 0 aliphatic rings. The van der Waals surface area contributed by atoms with Crippen LogP contribution >= 0.6 is 0 Å². The lowest BCUT2D eigenvalue weighted by molar-refractivity contribution is -0.386. The molecule has 7 heteroatoms. The maximum absolute atomic E-state index is 11.0. The van der Waals surface area contributed by atoms with Gasteiger partial charge in [-0.2, -0.15) is 5.10 Å². The first kappa shape index (κ1) is 14.4. The largest absolute Gasteiger partial charge is 0.472 e. The summed E-state index contributed by atoms with van der Waals surface area (Å²) in [6.45, 7) is 5.88. The van der Waals surface area contributed by atoms with Crippen LogP contribution in [0, 0.1) is 10.1 Å². The Morgan fingerprint density at radius 3 is 2.72 bits per heavy atom. The van der Waals surface area contributed by atoms with Crippen LogP contribution in [0.3, 0.4) is 0 Å². The van der Waals surface area contributed by atoms with E-state index in [1.165, 1.54) is 4.68 Å². The molecule has 1 rings (SSSR count). The zero-order valence-electron chi connectivity index (χ0n) is 11.1. The van der Waals surface area contributed by atoms with Gasteiger partial charge in [0.25, 0.3) is 5.88 Å². The van der Waals surface area contributed by atoms with Crippen LogP contribution in [0.5, 0.6) is 5.88 Å². The average Bonchev–Trinajstić information content (AvgIpc) is 2.66. The van der Waals surface area contributed by atoms with Crippen LogP contribution < -0.4 is 10.1 Å². The third kappa shape index (κ3) is 3.43. The molecule has 0 radical (unpaired) electrons. The van der Waals surface area contributed by atoms with Gasteiger partial charge in [-0.25, -0.2) is 4.68 Å². The molecule has 0 unspecified atom stereocenters. The lowest BCUT2D eigenvalue weighted by Crippen LogP contribution is -2.22. The molecule has 0 atom stereocenters. The van der Waals surface area contributed by atoms with Crippen LogP contribution in [-0.4, -0.2) is 34.4 Å². The molecule has 0 spiro atoms. The summed E-state index contributed by atoms with van der Waals surface area (Å²) in [6.07, 6.45) is 1.56. The Morgan fingerprint density at radius 2 is 2.17 bits per heavy atom. The van der Waals surface area contributed by atoms with Gasteiger partial charge in [0.2, 0.25) is 0 Å². The first-order valence-corrected chi connectivity index (χ1v) is 6.15. The molecule has 0 saturated heterocycles. The van der Waals surface area contributed by atoms with Gasteiger partial charge in [0.05, 0.1) is 4.92 Å². The van der Waals surface area contributed by atoms with E-state index in [-0.39, 0.29) is 11.6 Å². The minimum absolute atomic E-state index is 0.0181. The monoisotopic (exact) mass is 256 g/mol. The molecular formula is C11H20N4O3. The third-order valence-electron chi connectivity index (χ3n) is 2.50. The van der Waals surface area contributed by atoms with Crippen molar-refractivity contribution in [2.24, 2.45) is 7.05 Å². The highest BCUT2D eigenvalue weighted by molar-refractivity contribution is 5.46. The Kier molecular flexibility index (Phi) is 5.57. The van der Waals surface area contributed by atoms with Gasteiger partial charge in [0.15, 0.2) is 0 Å². The zero-order valence-corrected chi connectivity index (χ0v) is 11.1. The van der Waals surface area contributed by atoms with Crippen LogP contribution in [0.4, 0.5) is 5.69 Å². The topological polar surface area (TPSA) is 82.2 Å². The number of rotatable bonds is 8. The van der Waals surface area contributed by atoms with Gasteiger partial charge in [-0.3, -0.25) is 10.1 Å². The van der Waals surface area contributed by atoms with Crippen molar-refractivity contribution in [1.29, 1.82) is 0 Å². The summed E-state index contributed by atoms with van der Waals surface area (Å²) in [5.41, 5.74) is 0.439. The fourth-order valence-electron chi connectivity index (χ4n) is 1.66. The number of nitrogens with one attached hydrogen (secondary N) is 1. The van der Waals surface area contributed by atoms with Gasteiger partial charge in [-0.05, 0) is 19.4 Å². The van der Waals surface area contributed by atoms with Crippen molar-refractivity contribution in [2.45, 2.75) is 26.7 Å². The van der Waals surface area contributed by atoms with Crippen molar-refractivity contribution in [3.05, 3.63) is 15.8 Å². The molecule has 1 heterocycles. The molecule has 1 aromatic rings. The molecule has 0 fully saturated rings. The fraction of sp³-hybridized carbons (Fsp3) is 0.727. The first-order chi connectivity index (χ1) is 8.61. The quantitative estimate of drug-likeness (QED) is 0.430. The summed E-state index contributed by atoms with van der Waals surface area (Å²) < 4.78 is 6.88. The van der Waals surface area contributed by atoms with E-state index < -0.39 is 4.92 Å². The van der Waals surface area contributed by atoms with Crippen molar-refractivity contribution in [3.63, 3.8) is 0 Å². The van der Waals surface area contributed by atoms with Crippen molar-refractivity contribution in [3.8, 4) is 5.88 Å². The molecule has 7 nitrogen and oxygen atoms in total. The minimum Gasteiger partial charge on any atom is -0.472 e. The number of hydrogen-bond donors (Lipinski definition) is 1. The first-order valence-electron chi connectivity index (χ1n) is 6.15.